The first kappa shape index (κ1) is 39.6. The van der Waals surface area contributed by atoms with E-state index in [0.29, 0.717) is 6.42 Å². The van der Waals surface area contributed by atoms with Gasteiger partial charge in [-0.1, -0.05) is 33.8 Å². The summed E-state index contributed by atoms with van der Waals surface area (Å²) in [6.45, 7) is 19.0. The minimum absolute atomic E-state index is 0. The van der Waals surface area contributed by atoms with Gasteiger partial charge in [0.15, 0.2) is 0 Å². The van der Waals surface area contributed by atoms with Crippen LogP contribution in [0.4, 0.5) is 9.41 Å². The van der Waals surface area contributed by atoms with Gasteiger partial charge in [-0.25, -0.2) is 9.09 Å². The van der Waals surface area contributed by atoms with Crippen molar-refractivity contribution in [3.63, 3.8) is 0 Å². The fourth-order valence-corrected chi connectivity index (χ4v) is 2.25. The molecule has 0 aromatic rings. The van der Waals surface area contributed by atoms with Crippen LogP contribution in [0.25, 0.3) is 0 Å². The molecular weight excluding hydrogens is 425 g/mol. The number of aliphatic hydroxyl groups is 1. The van der Waals surface area contributed by atoms with E-state index in [-0.39, 0.29) is 22.1 Å². The van der Waals surface area contributed by atoms with Crippen LogP contribution in [0.5, 0.6) is 0 Å². The molecule has 1 rings (SSSR count). The largest absolute Gasteiger partial charge is 0.475 e. The Labute approximate surface area is 180 Å². The van der Waals surface area contributed by atoms with Gasteiger partial charge in [-0.15, -0.1) is 6.58 Å². The average molecular weight is 469 g/mol. The Morgan fingerprint density at radius 3 is 1.97 bits per heavy atom. The predicted octanol–water partition coefficient (Wildman–Crippen LogP) is 4.75. The van der Waals surface area contributed by atoms with E-state index in [1.165, 1.54) is 0 Å². The first-order valence-corrected chi connectivity index (χ1v) is 11.1. The molecule has 0 aromatic carbocycles. The van der Waals surface area contributed by atoms with Gasteiger partial charge in [-0.2, -0.15) is 0 Å². The van der Waals surface area contributed by atoms with Crippen LogP contribution < -0.4 is 0 Å². The number of hydrogen-bond donors (Lipinski definition) is 2. The van der Waals surface area contributed by atoms with Crippen molar-refractivity contribution in [2.45, 2.75) is 87.0 Å². The number of allylic oxidation sites excluding steroid dienone is 1. The number of carbonyl (C=O) groups excluding carboxylic acids is 1. The number of phosphoric acid groups is 1. The van der Waals surface area contributed by atoms with Gasteiger partial charge in [-0.3, -0.25) is 18.7 Å². The second-order valence-corrected chi connectivity index (χ2v) is 7.84. The zero-order valence-electron chi connectivity index (χ0n) is 19.7. The number of esters is 1. The monoisotopic (exact) mass is 468 g/mol. The number of rotatable bonds is 6. The normalized spacial score (nSPS) is 21.2. The summed E-state index contributed by atoms with van der Waals surface area (Å²) >= 11 is 0. The molecule has 186 valence electrons. The lowest BCUT2D eigenvalue weighted by Gasteiger charge is -2.19. The molecule has 4 atom stereocenters. The minimum Gasteiger partial charge on any atom is -0.437 e. The molecule has 0 aliphatic carbocycles. The van der Waals surface area contributed by atoms with E-state index in [9.17, 15) is 19.4 Å². The van der Waals surface area contributed by atoms with E-state index >= 15 is 0 Å². The predicted molar refractivity (Wildman–Crippen MR) is 116 cm³/mol. The molecule has 8 nitrogen and oxygen atoms in total. The highest BCUT2D eigenvalue weighted by Crippen LogP contribution is 2.43. The van der Waals surface area contributed by atoms with Gasteiger partial charge in [0.05, 0.1) is 24.2 Å². The molecule has 11 heteroatoms. The number of phosphoric ester groups is 1. The van der Waals surface area contributed by atoms with Crippen LogP contribution in [0.15, 0.2) is 12.7 Å². The van der Waals surface area contributed by atoms with E-state index in [0.717, 1.165) is 0 Å². The van der Waals surface area contributed by atoms with Crippen LogP contribution in [-0.4, -0.2) is 47.7 Å². The SMILES string of the molecule is C=CC.CC.CC.C[C@H]1C[C@H](O)[C@@H](COP(=O)(O)OCOC(=O)C(C)(C)C)O1.F.F. The van der Waals surface area contributed by atoms with Crippen molar-refractivity contribution >= 4 is 13.8 Å². The maximum absolute atomic E-state index is 11.6. The second-order valence-electron chi connectivity index (χ2n) is 6.39. The summed E-state index contributed by atoms with van der Waals surface area (Å²) in [5, 5.41) is 9.61. The van der Waals surface area contributed by atoms with E-state index in [2.05, 4.69) is 11.1 Å². The third kappa shape index (κ3) is 20.4. The molecule has 2 N–H and O–H groups in total. The minimum atomic E-state index is -4.37. The summed E-state index contributed by atoms with van der Waals surface area (Å²) < 4.78 is 30.8. The zero-order chi connectivity index (χ0) is 23.0. The fourth-order valence-electron chi connectivity index (χ4n) is 1.65. The van der Waals surface area contributed by atoms with Crippen LogP contribution in [0.1, 0.15) is 68.7 Å². The molecule has 0 radical (unpaired) electrons. The van der Waals surface area contributed by atoms with Crippen molar-refractivity contribution in [2.75, 3.05) is 13.4 Å². The van der Waals surface area contributed by atoms with Crippen molar-refractivity contribution in [1.82, 2.24) is 0 Å². The summed E-state index contributed by atoms with van der Waals surface area (Å²) in [5.41, 5.74) is -0.735. The lowest BCUT2D eigenvalue weighted by atomic mass is 9.98. The Bertz CT molecular complexity index is 458. The maximum atomic E-state index is 11.6. The molecule has 1 fully saturated rings. The Morgan fingerprint density at radius 1 is 1.20 bits per heavy atom. The Hall–Kier alpha value is -0.900. The van der Waals surface area contributed by atoms with E-state index in [4.69, 9.17) is 14.0 Å². The van der Waals surface area contributed by atoms with Crippen molar-refractivity contribution < 1.29 is 47.3 Å². The molecule has 0 saturated carbocycles. The maximum Gasteiger partial charge on any atom is 0.475 e. The standard InChI is InChI=1S/C12H23O8P.C3H6.2C2H6.2FH/c1-8-5-9(13)10(20-8)6-18-21(15,16)19-7-17-11(14)12(2,3)4;1-3-2;2*1-2;;/h8-10,13H,5-7H2,1-4H3,(H,15,16);3H,1H2,2H3;2*1-2H3;2*1H/t8-,9-,10+;;;;;/m0...../s1. The van der Waals surface area contributed by atoms with Gasteiger partial charge in [0, 0.05) is 6.42 Å². The zero-order valence-corrected chi connectivity index (χ0v) is 20.6. The van der Waals surface area contributed by atoms with Gasteiger partial charge < -0.3 is 19.5 Å². The summed E-state index contributed by atoms with van der Waals surface area (Å²) in [7, 11) is -4.37. The quantitative estimate of drug-likeness (QED) is 0.249. The third-order valence-electron chi connectivity index (χ3n) is 2.83. The lowest BCUT2D eigenvalue weighted by molar-refractivity contribution is -0.160. The number of hydrogen-bond acceptors (Lipinski definition) is 7. The third-order valence-corrected chi connectivity index (χ3v) is 3.74. The van der Waals surface area contributed by atoms with Crippen LogP contribution in [0.2, 0.25) is 0 Å². The highest BCUT2D eigenvalue weighted by Gasteiger charge is 2.34. The first-order chi connectivity index (χ1) is 12.9. The molecule has 1 aliphatic rings. The van der Waals surface area contributed by atoms with Gasteiger partial charge >= 0.3 is 13.8 Å². The highest BCUT2D eigenvalue weighted by molar-refractivity contribution is 7.47. The van der Waals surface area contributed by atoms with Crippen molar-refractivity contribution in [1.29, 1.82) is 0 Å². The Morgan fingerprint density at radius 2 is 1.63 bits per heavy atom. The van der Waals surface area contributed by atoms with Crippen molar-refractivity contribution in [3.8, 4) is 0 Å². The summed E-state index contributed by atoms with van der Waals surface area (Å²) in [5.74, 6) is -0.564. The molecule has 0 aromatic heterocycles. The smallest absolute Gasteiger partial charge is 0.437 e. The molecule has 1 unspecified atom stereocenters. The summed E-state index contributed by atoms with van der Waals surface area (Å²) in [6.07, 6.45) is 0.619. The highest BCUT2D eigenvalue weighted by atomic mass is 31.2. The van der Waals surface area contributed by atoms with Crippen LogP contribution in [0.3, 0.4) is 0 Å². The van der Waals surface area contributed by atoms with Gasteiger partial charge in [0.25, 0.3) is 0 Å². The first-order valence-electron chi connectivity index (χ1n) is 9.62. The van der Waals surface area contributed by atoms with Gasteiger partial charge in [0.1, 0.15) is 6.10 Å². The molecule has 1 saturated heterocycles. The second kappa shape index (κ2) is 21.3. The Balaban J connectivity index is -0.000000207. The van der Waals surface area contributed by atoms with Crippen molar-refractivity contribution in [3.05, 3.63) is 12.7 Å². The topological polar surface area (TPSA) is 112 Å². The van der Waals surface area contributed by atoms with Gasteiger partial charge in [-0.05, 0) is 34.6 Å². The fraction of sp³-hybridized carbons (Fsp3) is 0.842. The molecule has 0 amide bonds. The summed E-state index contributed by atoms with van der Waals surface area (Å²) in [4.78, 5) is 20.9. The van der Waals surface area contributed by atoms with Crippen LogP contribution in [0, 0.1) is 5.41 Å². The lowest BCUT2D eigenvalue weighted by Crippen LogP contribution is -2.26. The van der Waals surface area contributed by atoms with Crippen LogP contribution >= 0.6 is 7.82 Å². The molecule has 0 spiro atoms. The molecule has 30 heavy (non-hydrogen) atoms. The van der Waals surface area contributed by atoms with E-state index in [1.54, 1.807) is 33.8 Å². The average Bonchev–Trinajstić information content (AvgIpc) is 2.94. The summed E-state index contributed by atoms with van der Waals surface area (Å²) in [6, 6.07) is 0. The number of halogens is 2. The van der Waals surface area contributed by atoms with E-state index in [1.807, 2.05) is 34.6 Å². The molecule has 1 aliphatic heterocycles. The molecular formula is C19H43F2O8P. The Kier molecular flexibility index (Phi) is 28.1. The number of aliphatic hydroxyl groups excluding tert-OH is 1. The number of ether oxygens (including phenoxy) is 2. The van der Waals surface area contributed by atoms with Gasteiger partial charge in [0.2, 0.25) is 6.79 Å². The van der Waals surface area contributed by atoms with Crippen LogP contribution in [-0.2, 0) is 27.9 Å². The number of carbonyl (C=O) groups is 1. The van der Waals surface area contributed by atoms with E-state index < -0.39 is 38.2 Å². The van der Waals surface area contributed by atoms with Crippen molar-refractivity contribution in [2.24, 2.45) is 5.41 Å². The molecule has 0 bridgehead atoms. The molecule has 1 heterocycles.